The van der Waals surface area contributed by atoms with Crippen molar-refractivity contribution in [2.75, 3.05) is 0 Å². The molecule has 0 fully saturated rings. The Hall–Kier alpha value is -0.300. The second kappa shape index (κ2) is 3.20. The Morgan fingerprint density at radius 1 is 1.40 bits per heavy atom. The molecule has 1 rings (SSSR count). The summed E-state index contributed by atoms with van der Waals surface area (Å²) in [6.45, 7) is 4.10. The molecule has 1 aliphatic rings. The van der Waals surface area contributed by atoms with Crippen molar-refractivity contribution < 1.29 is 5.11 Å². The van der Waals surface area contributed by atoms with Gasteiger partial charge >= 0.3 is 0 Å². The number of allylic oxidation sites excluding steroid dienone is 2. The van der Waals surface area contributed by atoms with Gasteiger partial charge in [0.15, 0.2) is 0 Å². The highest BCUT2D eigenvalue weighted by Gasteiger charge is 2.21. The summed E-state index contributed by atoms with van der Waals surface area (Å²) in [5.74, 6) is 1.15. The van der Waals surface area contributed by atoms with Crippen LogP contribution in [0.2, 0.25) is 0 Å². The van der Waals surface area contributed by atoms with Crippen LogP contribution >= 0.6 is 0 Å². The van der Waals surface area contributed by atoms with Crippen molar-refractivity contribution in [3.05, 3.63) is 12.2 Å². The van der Waals surface area contributed by atoms with E-state index < -0.39 is 0 Å². The zero-order valence-corrected chi connectivity index (χ0v) is 6.75. The van der Waals surface area contributed by atoms with Crippen LogP contribution in [-0.2, 0) is 0 Å². The summed E-state index contributed by atoms with van der Waals surface area (Å²) in [5, 5.41) is 9.31. The van der Waals surface area contributed by atoms with Crippen molar-refractivity contribution in [3.8, 4) is 0 Å². The van der Waals surface area contributed by atoms with Crippen LogP contribution in [0.3, 0.4) is 0 Å². The van der Waals surface area contributed by atoms with Crippen LogP contribution in [0.1, 0.15) is 26.7 Å². The lowest BCUT2D eigenvalue weighted by Crippen LogP contribution is -2.24. The van der Waals surface area contributed by atoms with E-state index in [-0.39, 0.29) is 6.10 Å². The Labute approximate surface area is 62.8 Å². The molecule has 0 amide bonds. The summed E-state index contributed by atoms with van der Waals surface area (Å²) >= 11 is 0. The van der Waals surface area contributed by atoms with Gasteiger partial charge in [0, 0.05) is 0 Å². The maximum absolute atomic E-state index is 9.31. The van der Waals surface area contributed by atoms with Gasteiger partial charge in [0.25, 0.3) is 0 Å². The molecule has 0 aromatic carbocycles. The quantitative estimate of drug-likeness (QED) is 0.552. The molecule has 0 saturated carbocycles. The van der Waals surface area contributed by atoms with Gasteiger partial charge in [-0.3, -0.25) is 0 Å². The first-order valence-corrected chi connectivity index (χ1v) is 4.05. The van der Waals surface area contributed by atoms with Crippen molar-refractivity contribution in [2.24, 2.45) is 11.8 Å². The van der Waals surface area contributed by atoms with Gasteiger partial charge in [-0.2, -0.15) is 0 Å². The zero-order chi connectivity index (χ0) is 7.56. The highest BCUT2D eigenvalue weighted by atomic mass is 16.3. The fourth-order valence-corrected chi connectivity index (χ4v) is 1.64. The number of aliphatic hydroxyl groups excluding tert-OH is 1. The molecule has 0 bridgehead atoms. The predicted molar refractivity (Wildman–Crippen MR) is 42.7 cm³/mol. The van der Waals surface area contributed by atoms with E-state index in [0.717, 1.165) is 12.8 Å². The van der Waals surface area contributed by atoms with E-state index in [0.29, 0.717) is 11.8 Å². The van der Waals surface area contributed by atoms with Crippen molar-refractivity contribution in [1.29, 1.82) is 0 Å². The third-order valence-electron chi connectivity index (χ3n) is 2.43. The van der Waals surface area contributed by atoms with E-state index >= 15 is 0 Å². The van der Waals surface area contributed by atoms with Gasteiger partial charge in [0.2, 0.25) is 0 Å². The van der Waals surface area contributed by atoms with Crippen molar-refractivity contribution >= 4 is 0 Å². The van der Waals surface area contributed by atoms with Gasteiger partial charge in [-0.25, -0.2) is 0 Å². The molecule has 10 heavy (non-hydrogen) atoms. The lowest BCUT2D eigenvalue weighted by atomic mass is 9.81. The molecular formula is C9H16O. The minimum atomic E-state index is -0.139. The second-order valence-corrected chi connectivity index (χ2v) is 3.32. The number of hydrogen-bond donors (Lipinski definition) is 1. The lowest BCUT2D eigenvalue weighted by molar-refractivity contribution is 0.0916. The van der Waals surface area contributed by atoms with Gasteiger partial charge in [-0.15, -0.1) is 0 Å². The van der Waals surface area contributed by atoms with Crippen LogP contribution in [-0.4, -0.2) is 11.2 Å². The van der Waals surface area contributed by atoms with E-state index in [1.54, 1.807) is 0 Å². The largest absolute Gasteiger partial charge is 0.393 e. The van der Waals surface area contributed by atoms with Crippen LogP contribution in [0.25, 0.3) is 0 Å². The minimum Gasteiger partial charge on any atom is -0.393 e. The Balaban J connectivity index is 2.51. The Morgan fingerprint density at radius 2 is 2.00 bits per heavy atom. The highest BCUT2D eigenvalue weighted by Crippen LogP contribution is 2.27. The van der Waals surface area contributed by atoms with Crippen molar-refractivity contribution in [2.45, 2.75) is 32.8 Å². The molecule has 0 aliphatic heterocycles. The Kier molecular flexibility index (Phi) is 2.50. The van der Waals surface area contributed by atoms with Gasteiger partial charge < -0.3 is 5.11 Å². The summed E-state index contributed by atoms with van der Waals surface area (Å²) in [5.41, 5.74) is 0. The molecule has 0 aromatic heterocycles. The van der Waals surface area contributed by atoms with Crippen molar-refractivity contribution in [3.63, 3.8) is 0 Å². The van der Waals surface area contributed by atoms with Gasteiger partial charge in [0.05, 0.1) is 6.10 Å². The fourth-order valence-electron chi connectivity index (χ4n) is 1.64. The van der Waals surface area contributed by atoms with Gasteiger partial charge in [-0.1, -0.05) is 19.1 Å². The molecule has 1 unspecified atom stereocenters. The standard InChI is InChI=1S/C9H16O/c1-7-5-3-4-6-9(7)8(2)10/h3-4,7-10H,5-6H2,1-2H3/t7-,8?,9-/m0/s1. The Bertz CT molecular complexity index is 127. The molecule has 0 heterocycles. The fraction of sp³-hybridized carbons (Fsp3) is 0.778. The molecule has 0 saturated heterocycles. The van der Waals surface area contributed by atoms with E-state index in [1.807, 2.05) is 6.92 Å². The molecule has 1 heteroatoms. The van der Waals surface area contributed by atoms with Gasteiger partial charge in [-0.05, 0) is 31.6 Å². The van der Waals surface area contributed by atoms with Crippen LogP contribution in [0.15, 0.2) is 12.2 Å². The lowest BCUT2D eigenvalue weighted by Gasteiger charge is -2.27. The first kappa shape index (κ1) is 7.80. The summed E-state index contributed by atoms with van der Waals surface area (Å²) in [4.78, 5) is 0. The highest BCUT2D eigenvalue weighted by molar-refractivity contribution is 4.94. The summed E-state index contributed by atoms with van der Waals surface area (Å²) in [6.07, 6.45) is 6.44. The molecule has 1 nitrogen and oxygen atoms in total. The normalized spacial score (nSPS) is 35.9. The van der Waals surface area contributed by atoms with Gasteiger partial charge in [0.1, 0.15) is 0 Å². The minimum absolute atomic E-state index is 0.139. The molecular weight excluding hydrogens is 124 g/mol. The Morgan fingerprint density at radius 3 is 2.40 bits per heavy atom. The topological polar surface area (TPSA) is 20.2 Å². The first-order valence-electron chi connectivity index (χ1n) is 4.05. The SMILES string of the molecule is CC(O)[C@H]1CC=CC[C@@H]1C. The van der Waals surface area contributed by atoms with Crippen molar-refractivity contribution in [1.82, 2.24) is 0 Å². The van der Waals surface area contributed by atoms with E-state index in [9.17, 15) is 5.11 Å². The third-order valence-corrected chi connectivity index (χ3v) is 2.43. The maximum atomic E-state index is 9.31. The summed E-state index contributed by atoms with van der Waals surface area (Å²) in [7, 11) is 0. The van der Waals surface area contributed by atoms with Crippen LogP contribution in [0.5, 0.6) is 0 Å². The average molecular weight is 140 g/mol. The first-order chi connectivity index (χ1) is 4.72. The predicted octanol–water partition coefficient (Wildman–Crippen LogP) is 1.97. The van der Waals surface area contributed by atoms with E-state index in [1.165, 1.54) is 0 Å². The van der Waals surface area contributed by atoms with E-state index in [4.69, 9.17) is 0 Å². The number of hydrogen-bond acceptors (Lipinski definition) is 1. The molecule has 1 N–H and O–H groups in total. The molecule has 0 aromatic rings. The van der Waals surface area contributed by atoms with Crippen LogP contribution in [0, 0.1) is 11.8 Å². The second-order valence-electron chi connectivity index (χ2n) is 3.32. The zero-order valence-electron chi connectivity index (χ0n) is 6.75. The molecule has 0 spiro atoms. The number of rotatable bonds is 1. The molecule has 0 radical (unpaired) electrons. The molecule has 58 valence electrons. The number of aliphatic hydroxyl groups is 1. The smallest absolute Gasteiger partial charge is 0.0545 e. The van der Waals surface area contributed by atoms with E-state index in [2.05, 4.69) is 19.1 Å². The molecule has 1 aliphatic carbocycles. The third kappa shape index (κ3) is 1.60. The molecule has 3 atom stereocenters. The monoisotopic (exact) mass is 140 g/mol. The maximum Gasteiger partial charge on any atom is 0.0545 e. The van der Waals surface area contributed by atoms with Crippen LogP contribution < -0.4 is 0 Å². The average Bonchev–Trinajstić information content (AvgIpc) is 1.88. The summed E-state index contributed by atoms with van der Waals surface area (Å²) in [6, 6.07) is 0. The van der Waals surface area contributed by atoms with Crippen LogP contribution in [0.4, 0.5) is 0 Å². The summed E-state index contributed by atoms with van der Waals surface area (Å²) < 4.78 is 0.